The molecule has 0 aliphatic carbocycles. The number of nitrogens with two attached hydrogens (primary N) is 1. The van der Waals surface area contributed by atoms with E-state index in [2.05, 4.69) is 0 Å². The standard InChI is InChI=1S/C12H16N2O4S2/c13-12(19)9-4-2-1-3-8(9)7-20(17,18)14-5-10(15)11(16)6-14/h1-4,10-11,15-16H,5-7H2,(H2,13,19). The molecular weight excluding hydrogens is 300 g/mol. The molecule has 110 valence electrons. The molecule has 1 fully saturated rings. The van der Waals surface area contributed by atoms with Crippen molar-refractivity contribution < 1.29 is 18.6 Å². The van der Waals surface area contributed by atoms with Gasteiger partial charge >= 0.3 is 0 Å². The largest absolute Gasteiger partial charge is 0.389 e. The maximum absolute atomic E-state index is 12.3. The van der Waals surface area contributed by atoms with Crippen molar-refractivity contribution >= 4 is 27.2 Å². The highest BCUT2D eigenvalue weighted by Gasteiger charge is 2.36. The molecule has 1 saturated heterocycles. The molecule has 0 spiro atoms. The number of nitrogens with zero attached hydrogens (tertiary/aromatic N) is 1. The lowest BCUT2D eigenvalue weighted by atomic mass is 10.1. The van der Waals surface area contributed by atoms with E-state index < -0.39 is 22.2 Å². The molecule has 1 aliphatic rings. The van der Waals surface area contributed by atoms with Crippen molar-refractivity contribution in [1.82, 2.24) is 4.31 Å². The molecule has 2 atom stereocenters. The summed E-state index contributed by atoms with van der Waals surface area (Å²) >= 11 is 4.90. The number of aliphatic hydroxyl groups is 2. The summed E-state index contributed by atoms with van der Waals surface area (Å²) in [5.41, 5.74) is 6.60. The van der Waals surface area contributed by atoms with Crippen molar-refractivity contribution in [3.8, 4) is 0 Å². The van der Waals surface area contributed by atoms with Crippen LogP contribution in [0.25, 0.3) is 0 Å². The van der Waals surface area contributed by atoms with Crippen LogP contribution in [-0.2, 0) is 15.8 Å². The number of hydrogen-bond donors (Lipinski definition) is 3. The number of rotatable bonds is 4. The van der Waals surface area contributed by atoms with E-state index in [0.29, 0.717) is 11.1 Å². The van der Waals surface area contributed by atoms with Gasteiger partial charge in [0.1, 0.15) is 4.99 Å². The van der Waals surface area contributed by atoms with Crippen molar-refractivity contribution in [2.75, 3.05) is 13.1 Å². The summed E-state index contributed by atoms with van der Waals surface area (Å²) in [6.45, 7) is -0.197. The molecule has 8 heteroatoms. The summed E-state index contributed by atoms with van der Waals surface area (Å²) in [7, 11) is -3.64. The van der Waals surface area contributed by atoms with Gasteiger partial charge in [0.05, 0.1) is 18.0 Å². The van der Waals surface area contributed by atoms with Gasteiger partial charge in [-0.15, -0.1) is 0 Å². The zero-order valence-corrected chi connectivity index (χ0v) is 12.3. The molecular formula is C12H16N2O4S2. The molecule has 0 bridgehead atoms. The van der Waals surface area contributed by atoms with E-state index in [0.717, 1.165) is 4.31 Å². The molecule has 1 aromatic rings. The third kappa shape index (κ3) is 3.15. The van der Waals surface area contributed by atoms with Gasteiger partial charge in [-0.25, -0.2) is 8.42 Å². The third-order valence-corrected chi connectivity index (χ3v) is 5.22. The highest BCUT2D eigenvalue weighted by molar-refractivity contribution is 7.88. The molecule has 0 saturated carbocycles. The molecule has 1 heterocycles. The number of β-amino-alcohol motifs (C(OH)–C–C–N with tert-alkyl or cyclic N) is 2. The lowest BCUT2D eigenvalue weighted by Crippen LogP contribution is -2.31. The second kappa shape index (κ2) is 5.74. The van der Waals surface area contributed by atoms with Crippen LogP contribution >= 0.6 is 12.2 Å². The Morgan fingerprint density at radius 3 is 2.40 bits per heavy atom. The first-order valence-electron chi connectivity index (χ1n) is 6.03. The Bertz CT molecular complexity index is 608. The Kier molecular flexibility index (Phi) is 4.40. The van der Waals surface area contributed by atoms with Gasteiger partial charge in [0.15, 0.2) is 0 Å². The fourth-order valence-corrected chi connectivity index (χ4v) is 3.92. The number of benzene rings is 1. The lowest BCUT2D eigenvalue weighted by molar-refractivity contribution is 0.0572. The first kappa shape index (κ1) is 15.3. The SMILES string of the molecule is NC(=S)c1ccccc1CS(=O)(=O)N1CC(O)C(O)C1. The van der Waals surface area contributed by atoms with E-state index >= 15 is 0 Å². The summed E-state index contributed by atoms with van der Waals surface area (Å²) < 4.78 is 25.7. The number of hydrogen-bond acceptors (Lipinski definition) is 5. The first-order chi connectivity index (χ1) is 9.31. The summed E-state index contributed by atoms with van der Waals surface area (Å²) in [5, 5.41) is 18.9. The molecule has 1 aromatic carbocycles. The topological polar surface area (TPSA) is 104 Å². The van der Waals surface area contributed by atoms with Gasteiger partial charge in [-0.3, -0.25) is 0 Å². The van der Waals surface area contributed by atoms with Crippen LogP contribution in [0.15, 0.2) is 24.3 Å². The monoisotopic (exact) mass is 316 g/mol. The van der Waals surface area contributed by atoms with Crippen LogP contribution in [0.5, 0.6) is 0 Å². The predicted molar refractivity (Wildman–Crippen MR) is 78.5 cm³/mol. The van der Waals surface area contributed by atoms with Crippen LogP contribution in [0.4, 0.5) is 0 Å². The van der Waals surface area contributed by atoms with Crippen molar-refractivity contribution in [2.45, 2.75) is 18.0 Å². The molecule has 20 heavy (non-hydrogen) atoms. The summed E-state index contributed by atoms with van der Waals surface area (Å²) in [6, 6.07) is 6.75. The molecule has 0 aromatic heterocycles. The first-order valence-corrected chi connectivity index (χ1v) is 8.04. The molecule has 1 aliphatic heterocycles. The van der Waals surface area contributed by atoms with Crippen LogP contribution in [0.2, 0.25) is 0 Å². The van der Waals surface area contributed by atoms with E-state index in [1.807, 2.05) is 0 Å². The van der Waals surface area contributed by atoms with Crippen LogP contribution in [0.3, 0.4) is 0 Å². The van der Waals surface area contributed by atoms with Crippen LogP contribution in [0.1, 0.15) is 11.1 Å². The van der Waals surface area contributed by atoms with Crippen molar-refractivity contribution in [1.29, 1.82) is 0 Å². The maximum Gasteiger partial charge on any atom is 0.218 e. The number of aliphatic hydroxyl groups excluding tert-OH is 2. The van der Waals surface area contributed by atoms with E-state index in [-0.39, 0.29) is 23.8 Å². The van der Waals surface area contributed by atoms with Gasteiger partial charge in [-0.05, 0) is 5.56 Å². The maximum atomic E-state index is 12.3. The van der Waals surface area contributed by atoms with E-state index in [9.17, 15) is 18.6 Å². The van der Waals surface area contributed by atoms with Crippen molar-refractivity contribution in [3.05, 3.63) is 35.4 Å². The molecule has 2 unspecified atom stereocenters. The average Bonchev–Trinajstić information content (AvgIpc) is 2.70. The smallest absolute Gasteiger partial charge is 0.218 e. The minimum Gasteiger partial charge on any atom is -0.389 e. The fraction of sp³-hybridized carbons (Fsp3) is 0.417. The second-order valence-corrected chi connectivity index (χ2v) is 7.14. The van der Waals surface area contributed by atoms with Gasteiger partial charge < -0.3 is 15.9 Å². The Balaban J connectivity index is 2.24. The predicted octanol–water partition coefficient (Wildman–Crippen LogP) is -0.812. The van der Waals surface area contributed by atoms with Crippen LogP contribution in [0, 0.1) is 0 Å². The number of thiocarbonyl (C=S) groups is 1. The molecule has 0 radical (unpaired) electrons. The minimum absolute atomic E-state index is 0.0985. The normalized spacial score (nSPS) is 23.9. The van der Waals surface area contributed by atoms with Gasteiger partial charge in [0.25, 0.3) is 0 Å². The molecule has 0 amide bonds. The minimum atomic E-state index is -3.64. The highest BCUT2D eigenvalue weighted by atomic mass is 32.2. The molecule has 6 nitrogen and oxygen atoms in total. The Labute approximate surface area is 122 Å². The fourth-order valence-electron chi connectivity index (χ4n) is 2.14. The van der Waals surface area contributed by atoms with Crippen LogP contribution < -0.4 is 5.73 Å². The second-order valence-electron chi connectivity index (χ2n) is 4.73. The quantitative estimate of drug-likeness (QED) is 0.628. The third-order valence-electron chi connectivity index (χ3n) is 3.24. The van der Waals surface area contributed by atoms with Crippen LogP contribution in [-0.4, -0.2) is 53.2 Å². The average molecular weight is 316 g/mol. The zero-order chi connectivity index (χ0) is 14.9. The summed E-state index contributed by atoms with van der Waals surface area (Å²) in [5.74, 6) is -0.264. The highest BCUT2D eigenvalue weighted by Crippen LogP contribution is 2.20. The van der Waals surface area contributed by atoms with Gasteiger partial charge in [0.2, 0.25) is 10.0 Å². The number of sulfonamides is 1. The van der Waals surface area contributed by atoms with E-state index in [1.165, 1.54) is 0 Å². The summed E-state index contributed by atoms with van der Waals surface area (Å²) in [6.07, 6.45) is -2.09. The van der Waals surface area contributed by atoms with E-state index in [1.54, 1.807) is 24.3 Å². The Morgan fingerprint density at radius 1 is 1.30 bits per heavy atom. The van der Waals surface area contributed by atoms with Crippen molar-refractivity contribution in [2.24, 2.45) is 5.73 Å². The zero-order valence-electron chi connectivity index (χ0n) is 10.6. The Morgan fingerprint density at radius 2 is 1.85 bits per heavy atom. The van der Waals surface area contributed by atoms with Gasteiger partial charge in [0, 0.05) is 18.7 Å². The van der Waals surface area contributed by atoms with E-state index in [4.69, 9.17) is 18.0 Å². The van der Waals surface area contributed by atoms with Gasteiger partial charge in [-0.1, -0.05) is 36.5 Å². The van der Waals surface area contributed by atoms with Crippen molar-refractivity contribution in [3.63, 3.8) is 0 Å². The van der Waals surface area contributed by atoms with Gasteiger partial charge in [-0.2, -0.15) is 4.31 Å². The Hall–Kier alpha value is -1.06. The summed E-state index contributed by atoms with van der Waals surface area (Å²) in [4.78, 5) is 0.136. The molecule has 4 N–H and O–H groups in total. The lowest BCUT2D eigenvalue weighted by Gasteiger charge is -2.16. The molecule has 2 rings (SSSR count).